The largest absolute Gasteiger partial charge is 0.377 e. The van der Waals surface area contributed by atoms with Crippen LogP contribution in [0.5, 0.6) is 0 Å². The van der Waals surface area contributed by atoms with Gasteiger partial charge in [-0.3, -0.25) is 0 Å². The average molecular weight is 326 g/mol. The van der Waals surface area contributed by atoms with Crippen molar-refractivity contribution < 1.29 is 16.8 Å². The van der Waals surface area contributed by atoms with Crippen molar-refractivity contribution in [3.63, 3.8) is 0 Å². The molecule has 21 heavy (non-hydrogen) atoms. The minimum atomic E-state index is -4.47. The van der Waals surface area contributed by atoms with Gasteiger partial charge in [-0.05, 0) is 19.1 Å². The second-order valence-corrected chi connectivity index (χ2v) is 10.5. The highest BCUT2D eigenvalue weighted by atomic mass is 33.2. The summed E-state index contributed by atoms with van der Waals surface area (Å²) >= 11 is 0. The average Bonchev–Trinajstić information content (AvgIpc) is 2.45. The molecule has 2 aromatic carbocycles. The van der Waals surface area contributed by atoms with E-state index in [1.54, 1.807) is 24.3 Å². The number of nitrogens with zero attached hydrogens (tertiary/aromatic N) is 1. The molecule has 0 saturated carbocycles. The number of anilines is 1. The molecule has 0 saturated heterocycles. The Bertz CT molecular complexity index is 884. The van der Waals surface area contributed by atoms with Gasteiger partial charge >= 0.3 is 0 Å². The van der Waals surface area contributed by atoms with Crippen LogP contribution in [-0.2, 0) is 17.7 Å². The third-order valence-corrected chi connectivity index (χ3v) is 8.30. The first kappa shape index (κ1) is 15.8. The second-order valence-electron chi connectivity index (χ2n) is 4.74. The van der Waals surface area contributed by atoms with Crippen molar-refractivity contribution in [3.05, 3.63) is 43.3 Å². The van der Waals surface area contributed by atoms with Gasteiger partial charge in [-0.15, -0.1) is 0 Å². The molecule has 0 fully saturated rings. The van der Waals surface area contributed by atoms with Gasteiger partial charge in [0.1, 0.15) is 0 Å². The van der Waals surface area contributed by atoms with Gasteiger partial charge in [-0.25, -0.2) is 16.8 Å². The third-order valence-electron chi connectivity index (χ3n) is 3.19. The Morgan fingerprint density at radius 2 is 1.52 bits per heavy atom. The number of hydrogen-bond donors (Lipinski definition) is 0. The summed E-state index contributed by atoms with van der Waals surface area (Å²) in [6, 6.07) is 9.77. The molecule has 113 valence electrons. The van der Waals surface area contributed by atoms with E-state index in [0.29, 0.717) is 10.8 Å². The molecule has 7 heteroatoms. The second kappa shape index (κ2) is 5.31. The van der Waals surface area contributed by atoms with Crippen LogP contribution >= 0.6 is 0 Å². The van der Waals surface area contributed by atoms with Crippen LogP contribution in [-0.4, -0.2) is 36.7 Å². The lowest BCUT2D eigenvalue weighted by Gasteiger charge is -2.16. The molecule has 0 heterocycles. The van der Waals surface area contributed by atoms with E-state index in [0.717, 1.165) is 5.69 Å². The predicted octanol–water partition coefficient (Wildman–Crippen LogP) is 1.84. The van der Waals surface area contributed by atoms with Crippen LogP contribution in [0, 0.1) is 6.92 Å². The van der Waals surface area contributed by atoms with Gasteiger partial charge < -0.3 is 4.90 Å². The predicted molar refractivity (Wildman–Crippen MR) is 84.6 cm³/mol. The molecule has 0 aliphatic heterocycles. The maximum atomic E-state index is 12.3. The molecule has 0 amide bonds. The third kappa shape index (κ3) is 2.51. The van der Waals surface area contributed by atoms with Crippen molar-refractivity contribution in [1.29, 1.82) is 0 Å². The normalized spacial score (nSPS) is 12.5. The monoisotopic (exact) mass is 326 g/mol. The number of rotatable bonds is 4. The quantitative estimate of drug-likeness (QED) is 0.802. The van der Waals surface area contributed by atoms with Gasteiger partial charge in [-0.2, -0.15) is 0 Å². The smallest absolute Gasteiger partial charge is 0.282 e. The highest BCUT2D eigenvalue weighted by Gasteiger charge is 2.31. The molecule has 1 radical (unpaired) electrons. The van der Waals surface area contributed by atoms with Crippen LogP contribution in [0.15, 0.2) is 41.3 Å². The first-order valence-corrected chi connectivity index (χ1v) is 9.83. The lowest BCUT2D eigenvalue weighted by molar-refractivity contribution is 0.584. The number of fused-ring (bicyclic) bond motifs is 1. The maximum Gasteiger partial charge on any atom is 0.282 e. The highest BCUT2D eigenvalue weighted by Crippen LogP contribution is 2.32. The zero-order valence-corrected chi connectivity index (χ0v) is 13.4. The molecule has 0 unspecified atom stereocenters. The van der Waals surface area contributed by atoms with Gasteiger partial charge in [0.05, 0.1) is 10.6 Å². The first-order valence-electron chi connectivity index (χ1n) is 6.18. The van der Waals surface area contributed by atoms with E-state index in [4.69, 9.17) is 0 Å². The van der Waals surface area contributed by atoms with Gasteiger partial charge in [0, 0.05) is 30.6 Å². The van der Waals surface area contributed by atoms with Crippen LogP contribution in [0.1, 0.15) is 0 Å². The van der Waals surface area contributed by atoms with Crippen LogP contribution in [0.2, 0.25) is 0 Å². The van der Waals surface area contributed by atoms with Gasteiger partial charge in [0.15, 0.2) is 0 Å². The van der Waals surface area contributed by atoms with Crippen molar-refractivity contribution in [2.45, 2.75) is 4.90 Å². The minimum Gasteiger partial charge on any atom is -0.377 e. The molecule has 0 atom stereocenters. The fraction of sp³-hybridized carbons (Fsp3) is 0.214. The lowest BCUT2D eigenvalue weighted by atomic mass is 10.1. The summed E-state index contributed by atoms with van der Waals surface area (Å²) in [5.74, 6) is -0.695. The van der Waals surface area contributed by atoms with Crippen LogP contribution in [0.3, 0.4) is 0 Å². The summed E-state index contributed by atoms with van der Waals surface area (Å²) in [5, 5.41) is 1.07. The van der Waals surface area contributed by atoms with E-state index in [2.05, 4.69) is 6.92 Å². The van der Waals surface area contributed by atoms with E-state index in [9.17, 15) is 16.8 Å². The molecule has 0 N–H and O–H groups in total. The summed E-state index contributed by atoms with van der Waals surface area (Å²) in [6.45, 7) is 3.20. The summed E-state index contributed by atoms with van der Waals surface area (Å²) in [6.07, 6.45) is 0. The van der Waals surface area contributed by atoms with E-state index in [1.165, 1.54) is 6.07 Å². The number of benzene rings is 2. The Kier molecular flexibility index (Phi) is 3.99. The fourth-order valence-corrected chi connectivity index (χ4v) is 5.22. The lowest BCUT2D eigenvalue weighted by Crippen LogP contribution is -2.18. The summed E-state index contributed by atoms with van der Waals surface area (Å²) in [5.41, 5.74) is 0.816. The van der Waals surface area contributed by atoms with Crippen molar-refractivity contribution in [1.82, 2.24) is 0 Å². The summed E-state index contributed by atoms with van der Waals surface area (Å²) in [4.78, 5) is 1.64. The van der Waals surface area contributed by atoms with Crippen molar-refractivity contribution in [3.8, 4) is 0 Å². The summed E-state index contributed by atoms with van der Waals surface area (Å²) < 4.78 is 48.3. The Morgan fingerprint density at radius 3 is 2.10 bits per heavy atom. The van der Waals surface area contributed by atoms with Crippen molar-refractivity contribution in [2.24, 2.45) is 0 Å². The molecule has 2 rings (SSSR count). The highest BCUT2D eigenvalue weighted by molar-refractivity contribution is 8.67. The van der Waals surface area contributed by atoms with Gasteiger partial charge in [0.2, 0.25) is 0 Å². The molecule has 0 aromatic heterocycles. The molecule has 2 aromatic rings. The topological polar surface area (TPSA) is 71.5 Å². The van der Waals surface area contributed by atoms with E-state index >= 15 is 0 Å². The Balaban J connectivity index is 2.88. The SMILES string of the molecule is [CH2]CS(=O)(=O)S(=O)(=O)c1cccc2c(N(C)C)cccc12. The molecular formula is C14H16NO4S2. The molecule has 0 aliphatic carbocycles. The zero-order chi connectivity index (χ0) is 15.8. The van der Waals surface area contributed by atoms with Gasteiger partial charge in [0.25, 0.3) is 17.7 Å². The first-order chi connectivity index (χ1) is 9.72. The molecule has 5 nitrogen and oxygen atoms in total. The van der Waals surface area contributed by atoms with Crippen LogP contribution < -0.4 is 4.90 Å². The fourth-order valence-electron chi connectivity index (χ4n) is 2.12. The minimum absolute atomic E-state index is 0.202. The van der Waals surface area contributed by atoms with Crippen molar-refractivity contribution in [2.75, 3.05) is 24.7 Å². The Morgan fingerprint density at radius 1 is 0.952 bits per heavy atom. The van der Waals surface area contributed by atoms with Crippen molar-refractivity contribution >= 4 is 34.2 Å². The van der Waals surface area contributed by atoms with Crippen LogP contribution in [0.4, 0.5) is 5.69 Å². The van der Waals surface area contributed by atoms with E-state index in [-0.39, 0.29) is 4.90 Å². The van der Waals surface area contributed by atoms with E-state index < -0.39 is 23.5 Å². The molecular weight excluding hydrogens is 310 g/mol. The number of hydrogen-bond acceptors (Lipinski definition) is 5. The molecule has 0 aliphatic rings. The zero-order valence-electron chi connectivity index (χ0n) is 11.8. The standard InChI is InChI=1S/C14H16NO4S2/c1-4-20(16,17)21(18,19)14-10-6-7-11-12(14)8-5-9-13(11)15(2)3/h5-10H,1,4H2,2-3H3. The summed E-state index contributed by atoms with van der Waals surface area (Å²) in [7, 11) is -5.12. The van der Waals surface area contributed by atoms with Gasteiger partial charge in [-0.1, -0.05) is 24.3 Å². The molecule has 0 bridgehead atoms. The van der Waals surface area contributed by atoms with Crippen LogP contribution in [0.25, 0.3) is 10.8 Å². The maximum absolute atomic E-state index is 12.3. The Labute approximate surface area is 124 Å². The van der Waals surface area contributed by atoms with E-state index in [1.807, 2.05) is 25.1 Å². The molecule has 0 spiro atoms. The Hall–Kier alpha value is -1.60.